The Hall–Kier alpha value is -2.73. The number of methoxy groups -OCH3 is 1. The molecule has 2 N–H and O–H groups in total. The lowest BCUT2D eigenvalue weighted by Crippen LogP contribution is -2.25. The topological polar surface area (TPSA) is 76.7 Å². The highest BCUT2D eigenvalue weighted by Gasteiger charge is 2.24. The molecule has 1 aliphatic rings. The molecule has 26 heavy (non-hydrogen) atoms. The predicted molar refractivity (Wildman–Crippen MR) is 99.1 cm³/mol. The van der Waals surface area contributed by atoms with E-state index in [1.807, 2.05) is 0 Å². The maximum absolute atomic E-state index is 12.0. The molecule has 2 amide bonds. The third kappa shape index (κ3) is 4.89. The summed E-state index contributed by atoms with van der Waals surface area (Å²) < 4.78 is 10.5. The summed E-state index contributed by atoms with van der Waals surface area (Å²) in [5, 5.41) is 5.86. The minimum atomic E-state index is -0.327. The fraction of sp³-hybridized carbons (Fsp3) is 0.263. The van der Waals surface area contributed by atoms with Crippen molar-refractivity contribution in [2.24, 2.45) is 0 Å². The van der Waals surface area contributed by atoms with Crippen LogP contribution < -0.4 is 20.1 Å². The number of nitrogens with one attached hydrogen (secondary N) is 2. The van der Waals surface area contributed by atoms with Gasteiger partial charge in [0.15, 0.2) is 6.61 Å². The van der Waals surface area contributed by atoms with Crippen molar-refractivity contribution in [3.8, 4) is 11.5 Å². The van der Waals surface area contributed by atoms with E-state index in [-0.39, 0.29) is 29.5 Å². The molecular weight excluding hydrogens is 356 g/mol. The molecule has 3 rings (SSSR count). The van der Waals surface area contributed by atoms with Crippen molar-refractivity contribution in [3.05, 3.63) is 53.1 Å². The van der Waals surface area contributed by atoms with E-state index >= 15 is 0 Å². The van der Waals surface area contributed by atoms with E-state index in [9.17, 15) is 9.59 Å². The summed E-state index contributed by atoms with van der Waals surface area (Å²) in [6, 6.07) is 12.0. The van der Waals surface area contributed by atoms with Gasteiger partial charge >= 0.3 is 0 Å². The molecule has 0 aliphatic heterocycles. The van der Waals surface area contributed by atoms with Crippen LogP contribution in [-0.4, -0.2) is 31.6 Å². The lowest BCUT2D eigenvalue weighted by atomic mass is 10.2. The van der Waals surface area contributed by atoms with Crippen molar-refractivity contribution >= 4 is 29.1 Å². The molecule has 0 radical (unpaired) electrons. The summed E-state index contributed by atoms with van der Waals surface area (Å²) in [4.78, 5) is 24.1. The number of ether oxygens (including phenoxy) is 2. The Labute approximate surface area is 156 Å². The SMILES string of the molecule is COc1ccc(OCC(=O)Nc2ccc(C(=O)NC3CC3)c(Cl)c2)cc1. The molecule has 6 nitrogen and oxygen atoms in total. The largest absolute Gasteiger partial charge is 0.497 e. The van der Waals surface area contributed by atoms with Crippen LogP contribution in [0.4, 0.5) is 5.69 Å². The van der Waals surface area contributed by atoms with E-state index in [4.69, 9.17) is 21.1 Å². The van der Waals surface area contributed by atoms with Crippen molar-refractivity contribution in [2.75, 3.05) is 19.0 Å². The number of amides is 2. The van der Waals surface area contributed by atoms with Crippen LogP contribution in [0.1, 0.15) is 23.2 Å². The van der Waals surface area contributed by atoms with Gasteiger partial charge in [-0.15, -0.1) is 0 Å². The van der Waals surface area contributed by atoms with Crippen molar-refractivity contribution in [1.29, 1.82) is 0 Å². The highest BCUT2D eigenvalue weighted by atomic mass is 35.5. The third-order valence-corrected chi connectivity index (χ3v) is 4.15. The normalized spacial score (nSPS) is 13.0. The lowest BCUT2D eigenvalue weighted by Gasteiger charge is -2.10. The van der Waals surface area contributed by atoms with Gasteiger partial charge in [-0.3, -0.25) is 9.59 Å². The summed E-state index contributed by atoms with van der Waals surface area (Å²) in [6.07, 6.45) is 2.01. The van der Waals surface area contributed by atoms with Gasteiger partial charge in [-0.1, -0.05) is 11.6 Å². The molecule has 0 spiro atoms. The Bertz CT molecular complexity index is 804. The van der Waals surface area contributed by atoms with Crippen LogP contribution in [0, 0.1) is 0 Å². The summed E-state index contributed by atoms with van der Waals surface area (Å²) in [6.45, 7) is -0.145. The minimum absolute atomic E-state index is 0.145. The molecule has 1 fully saturated rings. The zero-order chi connectivity index (χ0) is 18.5. The highest BCUT2D eigenvalue weighted by Crippen LogP contribution is 2.24. The zero-order valence-electron chi connectivity index (χ0n) is 14.3. The molecule has 7 heteroatoms. The van der Waals surface area contributed by atoms with E-state index in [2.05, 4.69) is 10.6 Å². The van der Waals surface area contributed by atoms with Gasteiger partial charge in [0, 0.05) is 11.7 Å². The summed E-state index contributed by atoms with van der Waals surface area (Å²) in [7, 11) is 1.58. The Morgan fingerprint density at radius 2 is 1.81 bits per heavy atom. The first-order valence-corrected chi connectivity index (χ1v) is 8.60. The molecule has 2 aromatic rings. The lowest BCUT2D eigenvalue weighted by molar-refractivity contribution is -0.118. The highest BCUT2D eigenvalue weighted by molar-refractivity contribution is 6.34. The molecule has 1 saturated carbocycles. The van der Waals surface area contributed by atoms with Crippen molar-refractivity contribution in [3.63, 3.8) is 0 Å². The maximum atomic E-state index is 12.0. The molecule has 0 heterocycles. The summed E-state index contributed by atoms with van der Waals surface area (Å²) in [5.41, 5.74) is 0.896. The monoisotopic (exact) mass is 374 g/mol. The number of benzene rings is 2. The van der Waals surface area contributed by atoms with E-state index in [0.29, 0.717) is 22.7 Å². The summed E-state index contributed by atoms with van der Waals surface area (Å²) >= 11 is 6.16. The number of hydrogen-bond donors (Lipinski definition) is 2. The molecule has 0 atom stereocenters. The first-order valence-electron chi connectivity index (χ1n) is 8.22. The van der Waals surface area contributed by atoms with E-state index in [0.717, 1.165) is 12.8 Å². The van der Waals surface area contributed by atoms with Gasteiger partial charge in [0.25, 0.3) is 11.8 Å². The van der Waals surface area contributed by atoms with Crippen molar-refractivity contribution in [1.82, 2.24) is 5.32 Å². The standard InChI is InChI=1S/C19H19ClN2O4/c1-25-14-5-7-15(8-6-14)26-11-18(23)21-13-4-9-16(17(20)10-13)19(24)22-12-2-3-12/h4-10,12H,2-3,11H2,1H3,(H,21,23)(H,22,24). The van der Waals surface area contributed by atoms with Gasteiger partial charge < -0.3 is 20.1 Å². The average Bonchev–Trinajstić information content (AvgIpc) is 3.44. The van der Waals surface area contributed by atoms with Gasteiger partial charge in [0.05, 0.1) is 17.7 Å². The molecule has 0 unspecified atom stereocenters. The van der Waals surface area contributed by atoms with E-state index in [1.165, 1.54) is 0 Å². The molecule has 0 saturated heterocycles. The summed E-state index contributed by atoms with van der Waals surface area (Å²) in [5.74, 6) is 0.749. The molecule has 1 aliphatic carbocycles. The number of rotatable bonds is 7. The van der Waals surface area contributed by atoms with Gasteiger partial charge in [-0.05, 0) is 55.3 Å². The Kier molecular flexibility index (Phi) is 5.63. The van der Waals surface area contributed by atoms with Crippen LogP contribution in [0.15, 0.2) is 42.5 Å². The smallest absolute Gasteiger partial charge is 0.262 e. The second-order valence-electron chi connectivity index (χ2n) is 5.95. The van der Waals surface area contributed by atoms with Crippen LogP contribution in [0.3, 0.4) is 0 Å². The van der Waals surface area contributed by atoms with Crippen LogP contribution in [-0.2, 0) is 4.79 Å². The van der Waals surface area contributed by atoms with E-state index in [1.54, 1.807) is 49.6 Å². The number of anilines is 1. The van der Waals surface area contributed by atoms with E-state index < -0.39 is 0 Å². The Morgan fingerprint density at radius 1 is 1.12 bits per heavy atom. The first-order chi connectivity index (χ1) is 12.5. The van der Waals surface area contributed by atoms with Crippen molar-refractivity contribution in [2.45, 2.75) is 18.9 Å². The molecular formula is C19H19ClN2O4. The number of halogens is 1. The van der Waals surface area contributed by atoms with Crippen LogP contribution >= 0.6 is 11.6 Å². The second kappa shape index (κ2) is 8.10. The number of carbonyl (C=O) groups excluding carboxylic acids is 2. The second-order valence-corrected chi connectivity index (χ2v) is 6.36. The third-order valence-electron chi connectivity index (χ3n) is 3.84. The number of hydrogen-bond acceptors (Lipinski definition) is 4. The Balaban J connectivity index is 1.53. The molecule has 0 bridgehead atoms. The molecule has 2 aromatic carbocycles. The maximum Gasteiger partial charge on any atom is 0.262 e. The van der Waals surface area contributed by atoms with Crippen LogP contribution in [0.2, 0.25) is 5.02 Å². The van der Waals surface area contributed by atoms with Gasteiger partial charge in [0.1, 0.15) is 11.5 Å². The van der Waals surface area contributed by atoms with Gasteiger partial charge in [-0.25, -0.2) is 0 Å². The van der Waals surface area contributed by atoms with Crippen molar-refractivity contribution < 1.29 is 19.1 Å². The quantitative estimate of drug-likeness (QED) is 0.779. The minimum Gasteiger partial charge on any atom is -0.497 e. The van der Waals surface area contributed by atoms with Crippen LogP contribution in [0.5, 0.6) is 11.5 Å². The zero-order valence-corrected chi connectivity index (χ0v) is 15.0. The van der Waals surface area contributed by atoms with Gasteiger partial charge in [-0.2, -0.15) is 0 Å². The fourth-order valence-electron chi connectivity index (χ4n) is 2.29. The molecule has 136 valence electrons. The fourth-order valence-corrected chi connectivity index (χ4v) is 2.55. The molecule has 0 aromatic heterocycles. The average molecular weight is 375 g/mol. The predicted octanol–water partition coefficient (Wildman–Crippen LogP) is 3.26. The van der Waals surface area contributed by atoms with Crippen LogP contribution in [0.25, 0.3) is 0 Å². The van der Waals surface area contributed by atoms with Gasteiger partial charge in [0.2, 0.25) is 0 Å². The first kappa shape index (κ1) is 18.1. The number of carbonyl (C=O) groups is 2. The Morgan fingerprint density at radius 3 is 2.42 bits per heavy atom.